The topological polar surface area (TPSA) is 33.2 Å². The fourth-order valence-corrected chi connectivity index (χ4v) is 2.00. The van der Waals surface area contributed by atoms with E-state index in [2.05, 4.69) is 5.32 Å². The Labute approximate surface area is 79.6 Å². The zero-order valence-electron chi connectivity index (χ0n) is 7.15. The summed E-state index contributed by atoms with van der Waals surface area (Å²) in [5, 5.41) is 4.69. The highest BCUT2D eigenvalue weighted by Crippen LogP contribution is 2.12. The second-order valence-corrected chi connectivity index (χ2v) is 3.60. The number of amides is 1. The molecule has 4 heteroatoms. The highest BCUT2D eigenvalue weighted by molar-refractivity contribution is 7.15. The van der Waals surface area contributed by atoms with Crippen molar-refractivity contribution in [3.63, 3.8) is 0 Å². The molecule has 0 unspecified atom stereocenters. The average Bonchev–Trinajstić information content (AvgIpc) is 2.48. The number of carbonyl (C=O) groups is 1. The van der Waals surface area contributed by atoms with Gasteiger partial charge in [-0.3, -0.25) is 0 Å². The number of rotatable bonds is 1. The zero-order chi connectivity index (χ0) is 9.26. The number of aromatic nitrogens is 1. The Morgan fingerprint density at radius 1 is 1.54 bits per heavy atom. The lowest BCUT2D eigenvalue weighted by Crippen LogP contribution is -2.24. The molecule has 0 atom stereocenters. The van der Waals surface area contributed by atoms with E-state index in [1.54, 1.807) is 11.3 Å². The summed E-state index contributed by atoms with van der Waals surface area (Å²) in [6.07, 6.45) is 1.93. The molecule has 0 radical (unpaired) electrons. The van der Waals surface area contributed by atoms with E-state index in [9.17, 15) is 4.79 Å². The Balaban J connectivity index is 2.51. The summed E-state index contributed by atoms with van der Waals surface area (Å²) >= 11 is 1.60. The number of nitrogens with zero attached hydrogens (tertiary/aromatic N) is 1. The van der Waals surface area contributed by atoms with Gasteiger partial charge in [0.2, 0.25) is 0 Å². The first-order chi connectivity index (χ1) is 6.27. The minimum absolute atomic E-state index is 0.0453. The molecule has 2 aromatic rings. The van der Waals surface area contributed by atoms with Gasteiger partial charge in [-0.1, -0.05) is 17.4 Å². The molecule has 2 aromatic heterocycles. The highest BCUT2D eigenvalue weighted by Gasteiger charge is 2.11. The molecule has 2 rings (SSSR count). The Morgan fingerprint density at radius 2 is 2.38 bits per heavy atom. The number of nitrogens with one attached hydrogen (secondary N) is 1. The Morgan fingerprint density at radius 3 is 3.15 bits per heavy atom. The van der Waals surface area contributed by atoms with Gasteiger partial charge in [0.25, 0.3) is 5.82 Å². The quantitative estimate of drug-likeness (QED) is 0.683. The van der Waals surface area contributed by atoms with Crippen LogP contribution in [0.3, 0.4) is 0 Å². The number of hydrogen-bond donors (Lipinski definition) is 1. The first-order valence-electron chi connectivity index (χ1n) is 3.93. The van der Waals surface area contributed by atoms with Crippen LogP contribution in [0.5, 0.6) is 0 Å². The van der Waals surface area contributed by atoms with Crippen molar-refractivity contribution in [3.05, 3.63) is 29.8 Å². The standard InChI is InChI=1S/C9H8N2OS/c1-7(12)10-8-6-13-9-4-2-3-5-11(8)9/h2-6H,1H3/p+1. The number of pyridine rings is 1. The molecule has 0 spiro atoms. The van der Waals surface area contributed by atoms with Gasteiger partial charge in [0.1, 0.15) is 0 Å². The van der Waals surface area contributed by atoms with Crippen molar-refractivity contribution in [2.75, 3.05) is 5.32 Å². The molecule has 66 valence electrons. The maximum atomic E-state index is 10.8. The molecule has 0 aliphatic carbocycles. The summed E-state index contributed by atoms with van der Waals surface area (Å²) in [5.74, 6) is 0.782. The van der Waals surface area contributed by atoms with Crippen molar-refractivity contribution < 1.29 is 9.20 Å². The van der Waals surface area contributed by atoms with Crippen molar-refractivity contribution in [2.45, 2.75) is 6.92 Å². The summed E-state index contributed by atoms with van der Waals surface area (Å²) in [5.41, 5.74) is 0. The summed E-state index contributed by atoms with van der Waals surface area (Å²) in [6.45, 7) is 1.51. The van der Waals surface area contributed by atoms with E-state index in [4.69, 9.17) is 0 Å². The van der Waals surface area contributed by atoms with E-state index in [1.807, 2.05) is 34.2 Å². The van der Waals surface area contributed by atoms with Gasteiger partial charge in [0, 0.05) is 6.92 Å². The SMILES string of the molecule is CC(=O)Nc1csc2cccc[n+]12. The maximum absolute atomic E-state index is 10.8. The lowest BCUT2D eigenvalue weighted by molar-refractivity contribution is -0.491. The molecule has 0 saturated carbocycles. The third-order valence-electron chi connectivity index (χ3n) is 1.68. The second kappa shape index (κ2) is 3.14. The van der Waals surface area contributed by atoms with Crippen molar-refractivity contribution >= 4 is 27.9 Å². The Hall–Kier alpha value is -1.42. The Kier molecular flexibility index (Phi) is 1.98. The number of carbonyl (C=O) groups excluding carboxylic acids is 1. The Bertz CT molecular complexity index is 450. The van der Waals surface area contributed by atoms with Crippen LogP contribution >= 0.6 is 11.3 Å². The summed E-state index contributed by atoms with van der Waals surface area (Å²) < 4.78 is 1.95. The van der Waals surface area contributed by atoms with Gasteiger partial charge < -0.3 is 0 Å². The van der Waals surface area contributed by atoms with Crippen molar-refractivity contribution in [2.24, 2.45) is 0 Å². The smallest absolute Gasteiger partial charge is 0.247 e. The molecule has 0 aromatic carbocycles. The second-order valence-electron chi connectivity index (χ2n) is 2.71. The molecule has 3 nitrogen and oxygen atoms in total. The minimum atomic E-state index is -0.0453. The summed E-state index contributed by atoms with van der Waals surface area (Å²) in [4.78, 5) is 12.0. The van der Waals surface area contributed by atoms with Crippen LogP contribution in [0.1, 0.15) is 6.92 Å². The van der Waals surface area contributed by atoms with E-state index >= 15 is 0 Å². The van der Waals surface area contributed by atoms with Crippen molar-refractivity contribution in [1.29, 1.82) is 0 Å². The molecule has 13 heavy (non-hydrogen) atoms. The van der Waals surface area contributed by atoms with Gasteiger partial charge in [0.05, 0.1) is 11.6 Å². The fourth-order valence-electron chi connectivity index (χ4n) is 1.17. The van der Waals surface area contributed by atoms with Crippen molar-refractivity contribution in [3.8, 4) is 0 Å². The van der Waals surface area contributed by atoms with Crippen LogP contribution in [0.15, 0.2) is 29.8 Å². The highest BCUT2D eigenvalue weighted by atomic mass is 32.1. The molecule has 1 amide bonds. The molecular formula is C9H9N2OS+. The molecule has 0 saturated heterocycles. The van der Waals surface area contributed by atoms with Gasteiger partial charge in [-0.05, 0) is 12.1 Å². The van der Waals surface area contributed by atoms with E-state index < -0.39 is 0 Å². The molecule has 2 heterocycles. The summed E-state index contributed by atoms with van der Waals surface area (Å²) in [6, 6.07) is 5.92. The number of hydrogen-bond acceptors (Lipinski definition) is 2. The van der Waals surface area contributed by atoms with Crippen LogP contribution in [0.25, 0.3) is 4.83 Å². The van der Waals surface area contributed by atoms with E-state index in [0.29, 0.717) is 0 Å². The normalized spacial score (nSPS) is 10.2. The van der Waals surface area contributed by atoms with Crippen LogP contribution in [0.4, 0.5) is 5.82 Å². The minimum Gasteiger partial charge on any atom is -0.247 e. The third kappa shape index (κ3) is 1.53. The number of fused-ring (bicyclic) bond motifs is 1. The predicted molar refractivity (Wildman–Crippen MR) is 51.8 cm³/mol. The zero-order valence-corrected chi connectivity index (χ0v) is 7.97. The molecule has 0 fully saturated rings. The monoisotopic (exact) mass is 193 g/mol. The number of anilines is 1. The summed E-state index contributed by atoms with van der Waals surface area (Å²) in [7, 11) is 0. The molecule has 0 bridgehead atoms. The van der Waals surface area contributed by atoms with Crippen LogP contribution in [-0.2, 0) is 4.79 Å². The van der Waals surface area contributed by atoms with Crippen LogP contribution in [-0.4, -0.2) is 5.91 Å². The van der Waals surface area contributed by atoms with E-state index in [0.717, 1.165) is 10.6 Å². The predicted octanol–water partition coefficient (Wildman–Crippen LogP) is 1.45. The molecule has 0 aliphatic heterocycles. The molecule has 0 aliphatic rings. The first-order valence-corrected chi connectivity index (χ1v) is 4.81. The third-order valence-corrected chi connectivity index (χ3v) is 2.59. The molecular weight excluding hydrogens is 184 g/mol. The van der Waals surface area contributed by atoms with Crippen LogP contribution in [0, 0.1) is 0 Å². The van der Waals surface area contributed by atoms with Gasteiger partial charge in [-0.25, -0.2) is 10.1 Å². The van der Waals surface area contributed by atoms with Crippen LogP contribution in [0.2, 0.25) is 0 Å². The van der Waals surface area contributed by atoms with E-state index in [1.165, 1.54) is 6.92 Å². The first kappa shape index (κ1) is 8.19. The largest absolute Gasteiger partial charge is 0.304 e. The van der Waals surface area contributed by atoms with Gasteiger partial charge in [-0.2, -0.15) is 4.40 Å². The maximum Gasteiger partial charge on any atom is 0.304 e. The molecule has 1 N–H and O–H groups in total. The van der Waals surface area contributed by atoms with Gasteiger partial charge in [-0.15, -0.1) is 0 Å². The van der Waals surface area contributed by atoms with Gasteiger partial charge >= 0.3 is 5.91 Å². The van der Waals surface area contributed by atoms with Gasteiger partial charge in [0.15, 0.2) is 4.83 Å². The van der Waals surface area contributed by atoms with E-state index in [-0.39, 0.29) is 5.91 Å². The fraction of sp³-hybridized carbons (Fsp3) is 0.111. The lowest BCUT2D eigenvalue weighted by atomic mass is 10.5. The average molecular weight is 193 g/mol. The lowest BCUT2D eigenvalue weighted by Gasteiger charge is -1.90. The number of thiazole rings is 1. The van der Waals surface area contributed by atoms with Crippen molar-refractivity contribution in [1.82, 2.24) is 0 Å². The van der Waals surface area contributed by atoms with Crippen LogP contribution < -0.4 is 9.72 Å².